The molecular formula is C12H22O3. The van der Waals surface area contributed by atoms with Crippen LogP contribution in [-0.2, 0) is 4.74 Å². The van der Waals surface area contributed by atoms with E-state index in [2.05, 4.69) is 20.8 Å². The largest absolute Gasteiger partial charge is 0.506 e. The number of rotatable bonds is 2. The van der Waals surface area contributed by atoms with E-state index < -0.39 is 11.8 Å². The van der Waals surface area contributed by atoms with Crippen LogP contribution in [0.4, 0.5) is 4.79 Å². The van der Waals surface area contributed by atoms with Crippen molar-refractivity contribution >= 4 is 6.16 Å². The summed E-state index contributed by atoms with van der Waals surface area (Å²) < 4.78 is 5.15. The van der Waals surface area contributed by atoms with Crippen LogP contribution in [0.5, 0.6) is 0 Å². The van der Waals surface area contributed by atoms with Gasteiger partial charge in [0.2, 0.25) is 0 Å². The minimum absolute atomic E-state index is 0.184. The molecule has 1 fully saturated rings. The van der Waals surface area contributed by atoms with Crippen LogP contribution in [0.3, 0.4) is 0 Å². The molecule has 2 atom stereocenters. The Hall–Kier alpha value is -0.730. The smallest absolute Gasteiger partial charge is 0.450 e. The average molecular weight is 214 g/mol. The lowest BCUT2D eigenvalue weighted by Gasteiger charge is -2.46. The Morgan fingerprint density at radius 1 is 1.47 bits per heavy atom. The zero-order valence-corrected chi connectivity index (χ0v) is 10.2. The molecule has 0 aromatic rings. The fourth-order valence-corrected chi connectivity index (χ4v) is 3.27. The van der Waals surface area contributed by atoms with Gasteiger partial charge in [-0.05, 0) is 37.0 Å². The molecule has 15 heavy (non-hydrogen) atoms. The third-order valence-corrected chi connectivity index (χ3v) is 3.37. The first kappa shape index (κ1) is 12.3. The van der Waals surface area contributed by atoms with E-state index in [9.17, 15) is 4.79 Å². The van der Waals surface area contributed by atoms with Gasteiger partial charge < -0.3 is 9.84 Å². The predicted octanol–water partition coefficient (Wildman–Crippen LogP) is 3.68. The zero-order valence-electron chi connectivity index (χ0n) is 10.2. The summed E-state index contributed by atoms with van der Waals surface area (Å²) in [5.41, 5.74) is -0.268. The monoisotopic (exact) mass is 214 g/mol. The number of ether oxygens (including phenoxy) is 1. The molecule has 0 radical (unpaired) electrons. The molecular weight excluding hydrogens is 192 g/mol. The highest BCUT2D eigenvalue weighted by Gasteiger charge is 2.44. The minimum atomic E-state index is -1.14. The summed E-state index contributed by atoms with van der Waals surface area (Å²) in [7, 11) is 0. The van der Waals surface area contributed by atoms with Gasteiger partial charge in [0.15, 0.2) is 0 Å². The van der Waals surface area contributed by atoms with Crippen LogP contribution < -0.4 is 0 Å². The maximum absolute atomic E-state index is 10.7. The Bertz CT molecular complexity index is 247. The molecule has 1 saturated carbocycles. The molecule has 0 aliphatic heterocycles. The second-order valence-electron chi connectivity index (χ2n) is 5.76. The molecule has 0 amide bonds. The van der Waals surface area contributed by atoms with Gasteiger partial charge >= 0.3 is 6.16 Å². The highest BCUT2D eigenvalue weighted by molar-refractivity contribution is 5.57. The van der Waals surface area contributed by atoms with Gasteiger partial charge in [0.25, 0.3) is 0 Å². The average Bonchev–Trinajstić information content (AvgIpc) is 1.98. The Morgan fingerprint density at radius 3 is 2.47 bits per heavy atom. The summed E-state index contributed by atoms with van der Waals surface area (Å²) in [6, 6.07) is 0. The molecule has 1 N–H and O–H groups in total. The van der Waals surface area contributed by atoms with Crippen molar-refractivity contribution in [1.82, 2.24) is 0 Å². The van der Waals surface area contributed by atoms with Crippen LogP contribution in [0, 0.1) is 11.3 Å². The van der Waals surface area contributed by atoms with Crippen LogP contribution in [0.15, 0.2) is 0 Å². The summed E-state index contributed by atoms with van der Waals surface area (Å²) in [4.78, 5) is 10.7. The molecule has 0 bridgehead atoms. The molecule has 0 heterocycles. The van der Waals surface area contributed by atoms with Crippen LogP contribution in [0.2, 0.25) is 0 Å². The first-order chi connectivity index (χ1) is 6.79. The lowest BCUT2D eigenvalue weighted by Crippen LogP contribution is -2.44. The van der Waals surface area contributed by atoms with E-state index in [-0.39, 0.29) is 5.41 Å². The predicted molar refractivity (Wildman–Crippen MR) is 58.9 cm³/mol. The maximum atomic E-state index is 10.7. The summed E-state index contributed by atoms with van der Waals surface area (Å²) in [5.74, 6) is 0.535. The number of carbonyl (C=O) groups is 1. The van der Waals surface area contributed by atoms with Crippen molar-refractivity contribution in [3.05, 3.63) is 0 Å². The summed E-state index contributed by atoms with van der Waals surface area (Å²) >= 11 is 0. The SMILES string of the molecule is CCC1(OC(=O)O)CC(C)CC(C)(C)C1. The highest BCUT2D eigenvalue weighted by atomic mass is 16.7. The first-order valence-electron chi connectivity index (χ1n) is 5.70. The number of hydrogen-bond donors (Lipinski definition) is 1. The molecule has 3 nitrogen and oxygen atoms in total. The Labute approximate surface area is 91.8 Å². The molecule has 3 heteroatoms. The van der Waals surface area contributed by atoms with Crippen LogP contribution >= 0.6 is 0 Å². The van der Waals surface area contributed by atoms with E-state index >= 15 is 0 Å². The Kier molecular flexibility index (Phi) is 3.31. The van der Waals surface area contributed by atoms with E-state index in [1.54, 1.807) is 0 Å². The van der Waals surface area contributed by atoms with E-state index in [1.807, 2.05) is 6.92 Å². The standard InChI is InChI=1S/C12H22O3/c1-5-12(15-10(13)14)7-9(2)6-11(3,4)8-12/h9H,5-8H2,1-4H3,(H,13,14). The Balaban J connectivity index is 2.83. The van der Waals surface area contributed by atoms with Gasteiger partial charge in [0.1, 0.15) is 5.60 Å². The molecule has 1 aliphatic carbocycles. The van der Waals surface area contributed by atoms with Gasteiger partial charge in [0, 0.05) is 0 Å². The lowest BCUT2D eigenvalue weighted by molar-refractivity contribution is -0.0853. The fourth-order valence-electron chi connectivity index (χ4n) is 3.27. The normalized spacial score (nSPS) is 34.8. The van der Waals surface area contributed by atoms with Crippen molar-refractivity contribution in [2.75, 3.05) is 0 Å². The fraction of sp³-hybridized carbons (Fsp3) is 0.917. The number of carboxylic acid groups (broad SMARTS) is 1. The van der Waals surface area contributed by atoms with Gasteiger partial charge in [0.05, 0.1) is 0 Å². The summed E-state index contributed by atoms with van der Waals surface area (Å²) in [6.45, 7) is 8.57. The zero-order chi connectivity index (χ0) is 11.7. The van der Waals surface area contributed by atoms with Crippen LogP contribution in [-0.4, -0.2) is 16.9 Å². The molecule has 0 saturated heterocycles. The molecule has 0 aromatic heterocycles. The maximum Gasteiger partial charge on any atom is 0.506 e. The molecule has 2 unspecified atom stereocenters. The first-order valence-corrected chi connectivity index (χ1v) is 5.70. The lowest BCUT2D eigenvalue weighted by atomic mass is 9.65. The topological polar surface area (TPSA) is 46.5 Å². The molecule has 0 spiro atoms. The second kappa shape index (κ2) is 4.03. The molecule has 1 aliphatic rings. The van der Waals surface area contributed by atoms with E-state index in [0.29, 0.717) is 5.92 Å². The summed E-state index contributed by atoms with van der Waals surface area (Å²) in [5, 5.41) is 8.80. The van der Waals surface area contributed by atoms with Crippen molar-refractivity contribution in [3.8, 4) is 0 Å². The molecule has 0 aromatic carbocycles. The van der Waals surface area contributed by atoms with Crippen molar-refractivity contribution in [2.45, 2.75) is 59.0 Å². The van der Waals surface area contributed by atoms with Crippen LogP contribution in [0.25, 0.3) is 0 Å². The van der Waals surface area contributed by atoms with Crippen molar-refractivity contribution in [1.29, 1.82) is 0 Å². The minimum Gasteiger partial charge on any atom is -0.450 e. The van der Waals surface area contributed by atoms with E-state index in [1.165, 1.54) is 0 Å². The molecule has 88 valence electrons. The third-order valence-electron chi connectivity index (χ3n) is 3.37. The summed E-state index contributed by atoms with van der Waals surface area (Å²) in [6.07, 6.45) is 2.48. The number of hydrogen-bond acceptors (Lipinski definition) is 2. The van der Waals surface area contributed by atoms with Gasteiger partial charge in [-0.2, -0.15) is 0 Å². The van der Waals surface area contributed by atoms with Gasteiger partial charge in [-0.25, -0.2) is 4.79 Å². The van der Waals surface area contributed by atoms with Crippen molar-refractivity contribution in [3.63, 3.8) is 0 Å². The quantitative estimate of drug-likeness (QED) is 0.713. The second-order valence-corrected chi connectivity index (χ2v) is 5.76. The van der Waals surface area contributed by atoms with Gasteiger partial charge in [-0.3, -0.25) is 0 Å². The third kappa shape index (κ3) is 3.11. The van der Waals surface area contributed by atoms with E-state index in [4.69, 9.17) is 9.84 Å². The highest BCUT2D eigenvalue weighted by Crippen LogP contribution is 2.47. The molecule has 1 rings (SSSR count). The Morgan fingerprint density at radius 2 is 2.07 bits per heavy atom. The van der Waals surface area contributed by atoms with Crippen molar-refractivity contribution in [2.24, 2.45) is 11.3 Å². The van der Waals surface area contributed by atoms with Gasteiger partial charge in [-0.1, -0.05) is 27.7 Å². The van der Waals surface area contributed by atoms with Crippen molar-refractivity contribution < 1.29 is 14.6 Å². The van der Waals surface area contributed by atoms with Crippen LogP contribution in [0.1, 0.15) is 53.4 Å². The van der Waals surface area contributed by atoms with E-state index in [0.717, 1.165) is 25.7 Å². The van der Waals surface area contributed by atoms with Gasteiger partial charge in [-0.15, -0.1) is 0 Å².